The summed E-state index contributed by atoms with van der Waals surface area (Å²) in [7, 11) is 0. The lowest BCUT2D eigenvalue weighted by Crippen LogP contribution is -2.33. The molecule has 3 heteroatoms. The summed E-state index contributed by atoms with van der Waals surface area (Å²) in [6.45, 7) is 7.40. The molecule has 1 aromatic carbocycles. The number of hydrogen-bond acceptors (Lipinski definition) is 1. The molecule has 1 aromatic rings. The normalized spacial score (nSPS) is 14.1. The molecular weight excluding hydrogens is 268 g/mol. The van der Waals surface area contributed by atoms with Gasteiger partial charge in [0.15, 0.2) is 0 Å². The van der Waals surface area contributed by atoms with Crippen molar-refractivity contribution in [2.75, 3.05) is 6.54 Å². The van der Waals surface area contributed by atoms with Crippen molar-refractivity contribution in [3.05, 3.63) is 35.4 Å². The monoisotopic (exact) mass is 297 g/mol. The molecular formula is C18H29F2N. The highest BCUT2D eigenvalue weighted by atomic mass is 19.1. The Morgan fingerprint density at radius 2 is 1.71 bits per heavy atom. The molecule has 1 rings (SSSR count). The van der Waals surface area contributed by atoms with E-state index in [1.54, 1.807) is 0 Å². The highest BCUT2D eigenvalue weighted by Gasteiger charge is 2.15. The molecule has 0 spiro atoms. The van der Waals surface area contributed by atoms with Crippen molar-refractivity contribution < 1.29 is 8.78 Å². The minimum Gasteiger partial charge on any atom is -0.314 e. The number of benzene rings is 1. The fourth-order valence-corrected chi connectivity index (χ4v) is 2.92. The van der Waals surface area contributed by atoms with Crippen LogP contribution >= 0.6 is 0 Å². The predicted molar refractivity (Wildman–Crippen MR) is 85.4 cm³/mol. The van der Waals surface area contributed by atoms with Crippen LogP contribution in [0.5, 0.6) is 0 Å². The maximum Gasteiger partial charge on any atom is 0.126 e. The molecule has 0 bridgehead atoms. The fourth-order valence-electron chi connectivity index (χ4n) is 2.92. The maximum absolute atomic E-state index is 13.3. The van der Waals surface area contributed by atoms with Crippen molar-refractivity contribution in [3.63, 3.8) is 0 Å². The maximum atomic E-state index is 13.3. The zero-order valence-corrected chi connectivity index (χ0v) is 13.6. The van der Waals surface area contributed by atoms with Crippen molar-refractivity contribution in [2.45, 2.75) is 65.3 Å². The summed E-state index contributed by atoms with van der Waals surface area (Å²) >= 11 is 0. The Hall–Kier alpha value is -0.960. The summed E-state index contributed by atoms with van der Waals surface area (Å²) in [6, 6.07) is 4.11. The van der Waals surface area contributed by atoms with E-state index in [0.29, 0.717) is 12.3 Å². The molecule has 1 nitrogen and oxygen atoms in total. The van der Waals surface area contributed by atoms with Crippen LogP contribution < -0.4 is 5.32 Å². The summed E-state index contributed by atoms with van der Waals surface area (Å²) in [5.74, 6) is -0.288. The summed E-state index contributed by atoms with van der Waals surface area (Å²) < 4.78 is 26.6. The first-order valence-electron chi connectivity index (χ1n) is 8.27. The van der Waals surface area contributed by atoms with Gasteiger partial charge in [-0.15, -0.1) is 0 Å². The predicted octanol–water partition coefficient (Wildman–Crippen LogP) is 5.09. The molecule has 21 heavy (non-hydrogen) atoms. The number of rotatable bonds is 10. The number of nitrogens with one attached hydrogen (secondary N) is 1. The Balaban J connectivity index is 2.67. The van der Waals surface area contributed by atoms with Crippen LogP contribution in [0, 0.1) is 17.6 Å². The third-order valence-electron chi connectivity index (χ3n) is 4.06. The van der Waals surface area contributed by atoms with E-state index in [1.807, 2.05) is 0 Å². The van der Waals surface area contributed by atoms with E-state index in [9.17, 15) is 8.78 Å². The molecule has 0 saturated heterocycles. The molecule has 2 unspecified atom stereocenters. The van der Waals surface area contributed by atoms with E-state index in [-0.39, 0.29) is 6.04 Å². The fraction of sp³-hybridized carbons (Fsp3) is 0.667. The summed E-state index contributed by atoms with van der Waals surface area (Å²) in [5.41, 5.74) is 0.740. The van der Waals surface area contributed by atoms with E-state index in [2.05, 4.69) is 26.1 Å². The Kier molecular flexibility index (Phi) is 8.51. The first-order valence-corrected chi connectivity index (χ1v) is 8.27. The Labute approximate surface area is 128 Å². The van der Waals surface area contributed by atoms with Crippen LogP contribution in [-0.2, 0) is 6.42 Å². The average molecular weight is 297 g/mol. The van der Waals surface area contributed by atoms with Crippen molar-refractivity contribution >= 4 is 0 Å². The van der Waals surface area contributed by atoms with Crippen molar-refractivity contribution in [2.24, 2.45) is 5.92 Å². The Bertz CT molecular complexity index is 386. The minimum atomic E-state index is -0.488. The van der Waals surface area contributed by atoms with E-state index >= 15 is 0 Å². The molecule has 120 valence electrons. The highest BCUT2D eigenvalue weighted by molar-refractivity contribution is 5.19. The van der Waals surface area contributed by atoms with Gasteiger partial charge in [-0.1, -0.05) is 46.5 Å². The molecule has 0 aromatic heterocycles. The van der Waals surface area contributed by atoms with Gasteiger partial charge in [-0.2, -0.15) is 0 Å². The van der Waals surface area contributed by atoms with Crippen molar-refractivity contribution in [3.8, 4) is 0 Å². The second-order valence-electron chi connectivity index (χ2n) is 5.89. The quantitative estimate of drug-likeness (QED) is 0.634. The molecule has 0 radical (unpaired) electrons. The van der Waals surface area contributed by atoms with Gasteiger partial charge in [0.2, 0.25) is 0 Å². The first kappa shape index (κ1) is 18.1. The van der Waals surface area contributed by atoms with Gasteiger partial charge in [0.25, 0.3) is 0 Å². The summed E-state index contributed by atoms with van der Waals surface area (Å²) in [6.07, 6.45) is 6.64. The summed E-state index contributed by atoms with van der Waals surface area (Å²) in [5, 5.41) is 3.47. The van der Waals surface area contributed by atoms with E-state index < -0.39 is 11.6 Å². The van der Waals surface area contributed by atoms with Crippen LogP contribution in [0.3, 0.4) is 0 Å². The van der Waals surface area contributed by atoms with E-state index in [1.165, 1.54) is 37.8 Å². The lowest BCUT2D eigenvalue weighted by molar-refractivity contribution is 0.350. The van der Waals surface area contributed by atoms with E-state index in [0.717, 1.165) is 24.6 Å². The second kappa shape index (κ2) is 9.88. The molecule has 0 fully saturated rings. The van der Waals surface area contributed by atoms with Gasteiger partial charge in [0.1, 0.15) is 11.6 Å². The third-order valence-corrected chi connectivity index (χ3v) is 4.06. The lowest BCUT2D eigenvalue weighted by atomic mass is 9.89. The van der Waals surface area contributed by atoms with Gasteiger partial charge in [0, 0.05) is 12.1 Å². The number of hydrogen-bond donors (Lipinski definition) is 1. The van der Waals surface area contributed by atoms with Gasteiger partial charge >= 0.3 is 0 Å². The van der Waals surface area contributed by atoms with E-state index in [4.69, 9.17) is 0 Å². The van der Waals surface area contributed by atoms with Gasteiger partial charge in [0.05, 0.1) is 0 Å². The Morgan fingerprint density at radius 1 is 1.05 bits per heavy atom. The van der Waals surface area contributed by atoms with Crippen LogP contribution in [-0.4, -0.2) is 12.6 Å². The van der Waals surface area contributed by atoms with Crippen LogP contribution in [0.15, 0.2) is 18.2 Å². The smallest absolute Gasteiger partial charge is 0.126 e. The molecule has 0 aliphatic rings. The van der Waals surface area contributed by atoms with Crippen molar-refractivity contribution in [1.29, 1.82) is 0 Å². The largest absolute Gasteiger partial charge is 0.314 e. The second-order valence-corrected chi connectivity index (χ2v) is 5.89. The third kappa shape index (κ3) is 7.03. The van der Waals surface area contributed by atoms with Crippen LogP contribution in [0.2, 0.25) is 0 Å². The highest BCUT2D eigenvalue weighted by Crippen LogP contribution is 2.21. The zero-order valence-electron chi connectivity index (χ0n) is 13.6. The van der Waals surface area contributed by atoms with Gasteiger partial charge < -0.3 is 5.32 Å². The van der Waals surface area contributed by atoms with Gasteiger partial charge in [-0.3, -0.25) is 0 Å². The lowest BCUT2D eigenvalue weighted by Gasteiger charge is -2.24. The topological polar surface area (TPSA) is 12.0 Å². The molecule has 0 aliphatic carbocycles. The zero-order chi connectivity index (χ0) is 15.7. The van der Waals surface area contributed by atoms with Crippen LogP contribution in [0.1, 0.15) is 58.4 Å². The SMILES string of the molecule is CCCCC(CC)CC(Cc1cc(F)cc(F)c1)NCC. The molecule has 0 amide bonds. The van der Waals surface area contributed by atoms with Crippen molar-refractivity contribution in [1.82, 2.24) is 5.32 Å². The van der Waals surface area contributed by atoms with Crippen LogP contribution in [0.25, 0.3) is 0 Å². The van der Waals surface area contributed by atoms with Gasteiger partial charge in [-0.25, -0.2) is 8.78 Å². The molecule has 2 atom stereocenters. The number of likely N-dealkylation sites (N-methyl/N-ethyl adjacent to an activating group) is 1. The Morgan fingerprint density at radius 3 is 2.24 bits per heavy atom. The standard InChI is InChI=1S/C18H29F2N/c1-4-7-8-14(5-2)11-18(21-6-3)12-15-9-16(19)13-17(20)10-15/h9-10,13-14,18,21H,4-8,11-12H2,1-3H3. The number of halogens is 2. The van der Waals surface area contributed by atoms with Crippen LogP contribution in [0.4, 0.5) is 8.78 Å². The first-order chi connectivity index (χ1) is 10.1. The minimum absolute atomic E-state index is 0.290. The molecule has 0 heterocycles. The molecule has 1 N–H and O–H groups in total. The molecule has 0 saturated carbocycles. The molecule has 0 aliphatic heterocycles. The summed E-state index contributed by atoms with van der Waals surface area (Å²) in [4.78, 5) is 0. The average Bonchev–Trinajstić information content (AvgIpc) is 2.42. The number of unbranched alkanes of at least 4 members (excludes halogenated alkanes) is 1. The van der Waals surface area contributed by atoms with Gasteiger partial charge in [-0.05, 0) is 43.0 Å².